The zero-order valence-electron chi connectivity index (χ0n) is 13.7. The van der Waals surface area contributed by atoms with E-state index in [4.69, 9.17) is 4.52 Å². The minimum atomic E-state index is 0.536. The fourth-order valence-electron chi connectivity index (χ4n) is 3.77. The van der Waals surface area contributed by atoms with Crippen LogP contribution in [0.1, 0.15) is 17.0 Å². The van der Waals surface area contributed by atoms with Gasteiger partial charge < -0.3 is 14.5 Å². The molecule has 0 bridgehead atoms. The number of para-hydroxylation sites is 1. The Bertz CT molecular complexity index is 1240. The lowest BCUT2D eigenvalue weighted by atomic mass is 10.0. The molecule has 3 aromatic heterocycles. The SMILES string of the molecule is Cc1noc(-c2[nH]c3cc4[nH]c5ccccc5c4c(C)c3c2C)n1. The molecular weight excluding hydrogens is 300 g/mol. The van der Waals surface area contributed by atoms with Crippen molar-refractivity contribution in [2.75, 3.05) is 0 Å². The Balaban J connectivity index is 1.91. The first kappa shape index (κ1) is 13.4. The Labute approximate surface area is 137 Å². The van der Waals surface area contributed by atoms with E-state index in [0.29, 0.717) is 11.7 Å². The van der Waals surface area contributed by atoms with Crippen molar-refractivity contribution in [3.05, 3.63) is 47.3 Å². The summed E-state index contributed by atoms with van der Waals surface area (Å²) in [6, 6.07) is 10.6. The van der Waals surface area contributed by atoms with Gasteiger partial charge in [0.05, 0.1) is 0 Å². The summed E-state index contributed by atoms with van der Waals surface area (Å²) < 4.78 is 5.35. The third-order valence-electron chi connectivity index (χ3n) is 4.79. The lowest BCUT2D eigenvalue weighted by Crippen LogP contribution is -1.82. The van der Waals surface area contributed by atoms with Crippen LogP contribution in [0.5, 0.6) is 0 Å². The van der Waals surface area contributed by atoms with Crippen LogP contribution in [0.3, 0.4) is 0 Å². The van der Waals surface area contributed by atoms with Crippen LogP contribution in [0.4, 0.5) is 0 Å². The Morgan fingerprint density at radius 1 is 0.875 bits per heavy atom. The first-order valence-electron chi connectivity index (χ1n) is 7.96. The molecule has 5 rings (SSSR count). The molecular formula is C19H16N4O. The second-order valence-corrected chi connectivity index (χ2v) is 6.29. The van der Waals surface area contributed by atoms with Crippen molar-refractivity contribution in [1.82, 2.24) is 20.1 Å². The molecule has 5 nitrogen and oxygen atoms in total. The molecule has 3 heterocycles. The molecule has 0 amide bonds. The number of H-pyrrole nitrogens is 2. The number of benzene rings is 2. The molecule has 0 saturated heterocycles. The average Bonchev–Trinajstić information content (AvgIpc) is 3.23. The fraction of sp³-hybridized carbons (Fsp3) is 0.158. The normalized spacial score (nSPS) is 12.0. The van der Waals surface area contributed by atoms with Crippen molar-refractivity contribution in [2.24, 2.45) is 0 Å². The maximum absolute atomic E-state index is 5.35. The fourth-order valence-corrected chi connectivity index (χ4v) is 3.77. The molecule has 0 radical (unpaired) electrons. The van der Waals surface area contributed by atoms with E-state index in [-0.39, 0.29) is 0 Å². The van der Waals surface area contributed by atoms with E-state index >= 15 is 0 Å². The van der Waals surface area contributed by atoms with Gasteiger partial charge in [-0.25, -0.2) is 0 Å². The van der Waals surface area contributed by atoms with Crippen molar-refractivity contribution in [2.45, 2.75) is 20.8 Å². The van der Waals surface area contributed by atoms with Gasteiger partial charge in [0.2, 0.25) is 0 Å². The zero-order valence-corrected chi connectivity index (χ0v) is 13.7. The largest absolute Gasteiger partial charge is 0.354 e. The van der Waals surface area contributed by atoms with Crippen LogP contribution >= 0.6 is 0 Å². The number of hydrogen-bond donors (Lipinski definition) is 2. The van der Waals surface area contributed by atoms with Crippen LogP contribution in [0.25, 0.3) is 44.3 Å². The van der Waals surface area contributed by atoms with Crippen LogP contribution in [0.15, 0.2) is 34.9 Å². The van der Waals surface area contributed by atoms with Gasteiger partial charge in [0.25, 0.3) is 5.89 Å². The summed E-state index contributed by atoms with van der Waals surface area (Å²) in [5.41, 5.74) is 6.67. The predicted octanol–water partition coefficient (Wildman–Crippen LogP) is 4.78. The van der Waals surface area contributed by atoms with Crippen molar-refractivity contribution < 1.29 is 4.52 Å². The Morgan fingerprint density at radius 2 is 1.67 bits per heavy atom. The smallest absolute Gasteiger partial charge is 0.274 e. The van der Waals surface area contributed by atoms with Gasteiger partial charge in [0, 0.05) is 32.7 Å². The van der Waals surface area contributed by atoms with Crippen molar-refractivity contribution >= 4 is 32.7 Å². The van der Waals surface area contributed by atoms with Crippen molar-refractivity contribution in [3.63, 3.8) is 0 Å². The Hall–Kier alpha value is -3.08. The second-order valence-electron chi connectivity index (χ2n) is 6.29. The predicted molar refractivity (Wildman–Crippen MR) is 95.2 cm³/mol. The number of nitrogens with one attached hydrogen (secondary N) is 2. The molecule has 24 heavy (non-hydrogen) atoms. The highest BCUT2D eigenvalue weighted by Crippen LogP contribution is 2.37. The molecule has 0 saturated carbocycles. The topological polar surface area (TPSA) is 70.5 Å². The first-order chi connectivity index (χ1) is 11.6. The Morgan fingerprint density at radius 3 is 2.46 bits per heavy atom. The van der Waals surface area contributed by atoms with Crippen LogP contribution < -0.4 is 0 Å². The number of rotatable bonds is 1. The minimum absolute atomic E-state index is 0.536. The maximum atomic E-state index is 5.35. The molecule has 0 aliphatic rings. The maximum Gasteiger partial charge on any atom is 0.274 e. The van der Waals surface area contributed by atoms with Gasteiger partial charge in [-0.15, -0.1) is 0 Å². The van der Waals surface area contributed by atoms with E-state index in [0.717, 1.165) is 27.8 Å². The van der Waals surface area contributed by atoms with Gasteiger partial charge >= 0.3 is 0 Å². The van der Waals surface area contributed by atoms with Crippen molar-refractivity contribution in [3.8, 4) is 11.6 Å². The van der Waals surface area contributed by atoms with E-state index in [1.54, 1.807) is 0 Å². The van der Waals surface area contributed by atoms with E-state index in [1.165, 1.54) is 21.7 Å². The first-order valence-corrected chi connectivity index (χ1v) is 7.96. The second kappa shape index (κ2) is 4.47. The molecule has 118 valence electrons. The summed E-state index contributed by atoms with van der Waals surface area (Å²) in [5, 5.41) is 7.65. The molecule has 2 N–H and O–H groups in total. The van der Waals surface area contributed by atoms with E-state index in [9.17, 15) is 0 Å². The van der Waals surface area contributed by atoms with Crippen molar-refractivity contribution in [1.29, 1.82) is 0 Å². The summed E-state index contributed by atoms with van der Waals surface area (Å²) in [5.74, 6) is 1.17. The van der Waals surface area contributed by atoms with Crippen LogP contribution in [-0.4, -0.2) is 20.1 Å². The van der Waals surface area contributed by atoms with Gasteiger partial charge in [-0.2, -0.15) is 4.98 Å². The van der Waals surface area contributed by atoms with Gasteiger partial charge in [0.15, 0.2) is 5.82 Å². The number of hydrogen-bond acceptors (Lipinski definition) is 3. The average molecular weight is 316 g/mol. The minimum Gasteiger partial charge on any atom is -0.354 e. The molecule has 0 atom stereocenters. The summed E-state index contributed by atoms with van der Waals surface area (Å²) in [6.45, 7) is 6.10. The van der Waals surface area contributed by atoms with Gasteiger partial charge in [-0.3, -0.25) is 0 Å². The summed E-state index contributed by atoms with van der Waals surface area (Å²) in [4.78, 5) is 11.3. The number of aromatic nitrogens is 4. The van der Waals surface area contributed by atoms with E-state index in [2.05, 4.69) is 64.3 Å². The number of nitrogens with zero attached hydrogens (tertiary/aromatic N) is 2. The highest BCUT2D eigenvalue weighted by Gasteiger charge is 2.19. The van der Waals surface area contributed by atoms with Gasteiger partial charge in [0.1, 0.15) is 5.69 Å². The standard InChI is InChI=1S/C19H16N4O/c1-9-16-10(2)18(19-20-11(3)23-24-19)22-14(16)8-15-17(9)12-6-4-5-7-13(12)21-15/h4-8,21-22H,1-3H3. The van der Waals surface area contributed by atoms with Crippen LogP contribution in [-0.2, 0) is 0 Å². The lowest BCUT2D eigenvalue weighted by Gasteiger charge is -2.02. The number of fused-ring (bicyclic) bond motifs is 4. The van der Waals surface area contributed by atoms with Gasteiger partial charge in [-0.05, 0) is 44.0 Å². The molecule has 2 aromatic carbocycles. The summed E-state index contributed by atoms with van der Waals surface area (Å²) in [6.07, 6.45) is 0. The molecule has 0 aliphatic carbocycles. The van der Waals surface area contributed by atoms with Crippen LogP contribution in [0.2, 0.25) is 0 Å². The molecule has 0 spiro atoms. The monoisotopic (exact) mass is 316 g/mol. The molecule has 0 fully saturated rings. The third kappa shape index (κ3) is 1.64. The van der Waals surface area contributed by atoms with Crippen LogP contribution in [0, 0.1) is 20.8 Å². The highest BCUT2D eigenvalue weighted by atomic mass is 16.5. The molecule has 5 heteroatoms. The highest BCUT2D eigenvalue weighted by molar-refractivity contribution is 6.15. The quantitative estimate of drug-likeness (QED) is 0.467. The summed E-state index contributed by atoms with van der Waals surface area (Å²) in [7, 11) is 0. The third-order valence-corrected chi connectivity index (χ3v) is 4.79. The lowest BCUT2D eigenvalue weighted by molar-refractivity contribution is 0.424. The van der Waals surface area contributed by atoms with E-state index in [1.807, 2.05) is 6.92 Å². The molecule has 0 unspecified atom stereocenters. The zero-order chi connectivity index (χ0) is 16.4. The molecule has 5 aromatic rings. The number of aryl methyl sites for hydroxylation is 3. The Kier molecular flexibility index (Phi) is 2.49. The van der Waals surface area contributed by atoms with E-state index < -0.39 is 0 Å². The summed E-state index contributed by atoms with van der Waals surface area (Å²) >= 11 is 0. The molecule has 0 aliphatic heterocycles. The van der Waals surface area contributed by atoms with Gasteiger partial charge in [-0.1, -0.05) is 23.4 Å². The number of aromatic amines is 2.